The summed E-state index contributed by atoms with van der Waals surface area (Å²) in [5.41, 5.74) is 13.3. The third kappa shape index (κ3) is 4.35. The zero-order valence-corrected chi connectivity index (χ0v) is 25.3. The van der Waals surface area contributed by atoms with Gasteiger partial charge in [0, 0.05) is 28.8 Å². The highest BCUT2D eigenvalue weighted by Gasteiger charge is 2.40. The van der Waals surface area contributed by atoms with Crippen LogP contribution >= 0.6 is 0 Å². The lowest BCUT2D eigenvalue weighted by molar-refractivity contribution is 0.465. The SMILES string of the molecule is Cc1ccc(N(c2cc3c4c(c2)Oc2ccccc2B4c2ccccc2O3)c2cc3c(cc2-c2ccccc2)CCCC3)cc1. The standard InChI is InChI=1S/C41H32BNO2/c1-27-19-21-31(22-20-27)43(36-24-30-14-6-5-13-29(30)23-33(36)28-11-3-2-4-12-28)32-25-39-41-40(26-32)45-38-18-10-8-16-35(38)42(41)34-15-7-9-17-37(34)44-39/h2-4,7-12,15-26H,5-6,13-14H2,1H3. The van der Waals surface area contributed by atoms with Crippen LogP contribution < -0.4 is 30.8 Å². The summed E-state index contributed by atoms with van der Waals surface area (Å²) in [7, 11) is 0. The van der Waals surface area contributed by atoms with Gasteiger partial charge in [-0.15, -0.1) is 0 Å². The molecule has 6 aromatic carbocycles. The van der Waals surface area contributed by atoms with E-state index in [1.807, 2.05) is 0 Å². The highest BCUT2D eigenvalue weighted by Crippen LogP contribution is 2.46. The Morgan fingerprint density at radius 2 is 1.13 bits per heavy atom. The minimum absolute atomic E-state index is 0.0513. The fourth-order valence-electron chi connectivity index (χ4n) is 7.44. The van der Waals surface area contributed by atoms with Gasteiger partial charge in [0.15, 0.2) is 0 Å². The second kappa shape index (κ2) is 10.5. The van der Waals surface area contributed by atoms with E-state index in [2.05, 4.69) is 139 Å². The first kappa shape index (κ1) is 26.2. The number of benzene rings is 6. The van der Waals surface area contributed by atoms with Crippen LogP contribution in [-0.4, -0.2) is 6.71 Å². The van der Waals surface area contributed by atoms with Gasteiger partial charge < -0.3 is 14.4 Å². The summed E-state index contributed by atoms with van der Waals surface area (Å²) >= 11 is 0. The minimum Gasteiger partial charge on any atom is -0.458 e. The van der Waals surface area contributed by atoms with Crippen molar-refractivity contribution in [3.8, 4) is 34.1 Å². The van der Waals surface area contributed by atoms with Gasteiger partial charge in [-0.05, 0) is 96.6 Å². The summed E-state index contributed by atoms with van der Waals surface area (Å²) in [6.45, 7) is 2.19. The van der Waals surface area contributed by atoms with E-state index in [9.17, 15) is 0 Å². The van der Waals surface area contributed by atoms with Crippen molar-refractivity contribution < 1.29 is 9.47 Å². The summed E-state index contributed by atoms with van der Waals surface area (Å²) < 4.78 is 13.4. The first-order valence-electron chi connectivity index (χ1n) is 16.0. The van der Waals surface area contributed by atoms with Crippen LogP contribution in [0.3, 0.4) is 0 Å². The van der Waals surface area contributed by atoms with Gasteiger partial charge in [0.2, 0.25) is 0 Å². The summed E-state index contributed by atoms with van der Waals surface area (Å²) in [5.74, 6) is 3.49. The van der Waals surface area contributed by atoms with E-state index in [1.165, 1.54) is 57.3 Å². The molecule has 2 aliphatic heterocycles. The van der Waals surface area contributed by atoms with Crippen LogP contribution in [0.4, 0.5) is 17.1 Å². The van der Waals surface area contributed by atoms with Gasteiger partial charge in [-0.2, -0.15) is 0 Å². The van der Waals surface area contributed by atoms with E-state index in [0.717, 1.165) is 52.7 Å². The van der Waals surface area contributed by atoms with Gasteiger partial charge in [-0.1, -0.05) is 84.4 Å². The van der Waals surface area contributed by atoms with Crippen molar-refractivity contribution in [2.45, 2.75) is 32.6 Å². The van der Waals surface area contributed by atoms with Crippen molar-refractivity contribution >= 4 is 40.2 Å². The average molecular weight is 582 g/mol. The smallest absolute Gasteiger partial charge is 0.260 e. The van der Waals surface area contributed by atoms with Crippen LogP contribution in [0.2, 0.25) is 0 Å². The molecule has 0 spiro atoms. The van der Waals surface area contributed by atoms with Gasteiger partial charge in [-0.3, -0.25) is 0 Å². The van der Waals surface area contributed by atoms with Crippen LogP contribution in [0.1, 0.15) is 29.5 Å². The Hall–Kier alpha value is -5.22. The number of fused-ring (bicyclic) bond motifs is 5. The molecule has 0 radical (unpaired) electrons. The quantitative estimate of drug-likeness (QED) is 0.194. The predicted molar refractivity (Wildman–Crippen MR) is 186 cm³/mol. The second-order valence-corrected chi connectivity index (χ2v) is 12.5. The molecule has 0 amide bonds. The molecule has 2 heterocycles. The van der Waals surface area contributed by atoms with E-state index in [-0.39, 0.29) is 6.71 Å². The van der Waals surface area contributed by atoms with E-state index in [1.54, 1.807) is 0 Å². The van der Waals surface area contributed by atoms with Crippen molar-refractivity contribution in [1.29, 1.82) is 0 Å². The van der Waals surface area contributed by atoms with Gasteiger partial charge in [0.1, 0.15) is 23.0 Å². The Labute approximate surface area is 264 Å². The maximum absolute atomic E-state index is 6.72. The lowest BCUT2D eigenvalue weighted by atomic mass is 9.35. The molecule has 0 bridgehead atoms. The van der Waals surface area contributed by atoms with Gasteiger partial charge in [0.25, 0.3) is 6.71 Å². The Bertz CT molecular complexity index is 2020. The number of ether oxygens (including phenoxy) is 2. The molecule has 9 rings (SSSR count). The van der Waals surface area contributed by atoms with E-state index < -0.39 is 0 Å². The monoisotopic (exact) mass is 581 g/mol. The topological polar surface area (TPSA) is 21.7 Å². The first-order valence-corrected chi connectivity index (χ1v) is 16.0. The molecular formula is C41H32BNO2. The largest absolute Gasteiger partial charge is 0.458 e. The number of hydrogen-bond acceptors (Lipinski definition) is 3. The van der Waals surface area contributed by atoms with Crippen LogP contribution in [0, 0.1) is 6.92 Å². The lowest BCUT2D eigenvalue weighted by Gasteiger charge is -2.35. The zero-order chi connectivity index (χ0) is 29.9. The summed E-state index contributed by atoms with van der Waals surface area (Å²) in [4.78, 5) is 2.40. The van der Waals surface area contributed by atoms with Gasteiger partial charge in [0.05, 0.1) is 11.4 Å². The fourth-order valence-corrected chi connectivity index (χ4v) is 7.44. The van der Waals surface area contributed by atoms with Gasteiger partial charge >= 0.3 is 0 Å². The van der Waals surface area contributed by atoms with Crippen molar-refractivity contribution in [1.82, 2.24) is 0 Å². The van der Waals surface area contributed by atoms with Crippen LogP contribution in [0.5, 0.6) is 23.0 Å². The fraction of sp³-hybridized carbons (Fsp3) is 0.122. The number of anilines is 3. The molecule has 0 aromatic heterocycles. The van der Waals surface area contributed by atoms with E-state index in [0.29, 0.717) is 0 Å². The van der Waals surface area contributed by atoms with Gasteiger partial charge in [-0.25, -0.2) is 0 Å². The molecule has 3 aliphatic rings. The van der Waals surface area contributed by atoms with Crippen molar-refractivity contribution in [2.75, 3.05) is 4.90 Å². The number of hydrogen-bond donors (Lipinski definition) is 0. The average Bonchev–Trinajstić information content (AvgIpc) is 3.09. The molecule has 0 fully saturated rings. The van der Waals surface area contributed by atoms with Crippen LogP contribution in [0.25, 0.3) is 11.1 Å². The van der Waals surface area contributed by atoms with Crippen molar-refractivity contribution in [3.63, 3.8) is 0 Å². The summed E-state index contributed by atoms with van der Waals surface area (Å²) in [5, 5.41) is 0. The second-order valence-electron chi connectivity index (χ2n) is 12.5. The molecule has 0 N–H and O–H groups in total. The Morgan fingerprint density at radius 1 is 0.556 bits per heavy atom. The molecule has 0 atom stereocenters. The maximum Gasteiger partial charge on any atom is 0.260 e. The third-order valence-corrected chi connectivity index (χ3v) is 9.61. The predicted octanol–water partition coefficient (Wildman–Crippen LogP) is 8.74. The molecule has 6 aromatic rings. The van der Waals surface area contributed by atoms with E-state index in [4.69, 9.17) is 9.47 Å². The Kier molecular flexibility index (Phi) is 6.09. The maximum atomic E-state index is 6.72. The highest BCUT2D eigenvalue weighted by atomic mass is 16.5. The molecule has 0 unspecified atom stereocenters. The first-order chi connectivity index (χ1) is 22.2. The number of para-hydroxylation sites is 2. The summed E-state index contributed by atoms with van der Waals surface area (Å²) in [6, 6.07) is 45.8. The highest BCUT2D eigenvalue weighted by molar-refractivity contribution is 6.98. The molecule has 45 heavy (non-hydrogen) atoms. The molecule has 4 heteroatoms. The summed E-state index contributed by atoms with van der Waals surface area (Å²) in [6.07, 6.45) is 4.71. The lowest BCUT2D eigenvalue weighted by Crippen LogP contribution is -2.57. The molecule has 0 saturated carbocycles. The van der Waals surface area contributed by atoms with Crippen molar-refractivity contribution in [3.05, 3.63) is 144 Å². The normalized spacial score (nSPS) is 13.8. The van der Waals surface area contributed by atoms with E-state index >= 15 is 0 Å². The third-order valence-electron chi connectivity index (χ3n) is 9.61. The minimum atomic E-state index is 0.0513. The molecular weight excluding hydrogens is 549 g/mol. The van der Waals surface area contributed by atoms with Crippen LogP contribution in [0.15, 0.2) is 127 Å². The number of aryl methyl sites for hydroxylation is 3. The molecule has 3 nitrogen and oxygen atoms in total. The molecule has 1 aliphatic carbocycles. The molecule has 216 valence electrons. The molecule has 0 saturated heterocycles. The van der Waals surface area contributed by atoms with Crippen molar-refractivity contribution in [2.24, 2.45) is 0 Å². The number of nitrogens with zero attached hydrogens (tertiary/aromatic N) is 1. The van der Waals surface area contributed by atoms with Crippen LogP contribution in [-0.2, 0) is 12.8 Å². The Morgan fingerprint density at radius 3 is 1.78 bits per heavy atom. The Balaban J connectivity index is 1.30. The number of rotatable bonds is 4. The zero-order valence-electron chi connectivity index (χ0n) is 25.3.